The molecule has 0 aliphatic heterocycles. The van der Waals surface area contributed by atoms with Gasteiger partial charge in [-0.05, 0) is 25.0 Å². The molecule has 0 unspecified atom stereocenters. The van der Waals surface area contributed by atoms with Crippen LogP contribution in [0.25, 0.3) is 11.0 Å². The number of H-pyrrole nitrogens is 1. The Morgan fingerprint density at radius 2 is 2.00 bits per heavy atom. The third kappa shape index (κ3) is 2.39. The van der Waals surface area contributed by atoms with Gasteiger partial charge in [-0.25, -0.2) is 13.8 Å². The van der Waals surface area contributed by atoms with Gasteiger partial charge in [-0.1, -0.05) is 19.3 Å². The van der Waals surface area contributed by atoms with Gasteiger partial charge in [-0.3, -0.25) is 4.79 Å². The fraction of sp³-hybridized carbons (Fsp3) is 0.467. The van der Waals surface area contributed by atoms with E-state index in [1.807, 2.05) is 0 Å². The molecule has 2 aromatic rings. The van der Waals surface area contributed by atoms with Crippen molar-refractivity contribution in [1.29, 1.82) is 0 Å². The van der Waals surface area contributed by atoms with Crippen molar-refractivity contribution in [2.75, 3.05) is 0 Å². The average Bonchev–Trinajstić information content (AvgIpc) is 2.87. The maximum atomic E-state index is 13.7. The number of benzene rings is 1. The highest BCUT2D eigenvalue weighted by atomic mass is 19.2. The molecule has 0 radical (unpaired) electrons. The van der Waals surface area contributed by atoms with Gasteiger partial charge in [0.25, 0.3) is 0 Å². The molecule has 1 saturated carbocycles. The van der Waals surface area contributed by atoms with Crippen molar-refractivity contribution in [3.05, 3.63) is 29.6 Å². The molecule has 1 aromatic carbocycles. The van der Waals surface area contributed by atoms with E-state index in [4.69, 9.17) is 0 Å². The van der Waals surface area contributed by atoms with Gasteiger partial charge in [0.05, 0.1) is 10.9 Å². The number of nitrogens with zero attached hydrogens (tertiary/aromatic N) is 1. The second kappa shape index (κ2) is 5.09. The minimum absolute atomic E-state index is 0.0682. The predicted molar refractivity (Wildman–Crippen MR) is 72.9 cm³/mol. The van der Waals surface area contributed by atoms with Gasteiger partial charge < -0.3 is 10.1 Å². The number of imidazole rings is 1. The summed E-state index contributed by atoms with van der Waals surface area (Å²) in [4.78, 5) is 18.6. The van der Waals surface area contributed by atoms with Gasteiger partial charge >= 0.3 is 5.97 Å². The van der Waals surface area contributed by atoms with Crippen molar-refractivity contribution < 1.29 is 18.7 Å². The van der Waals surface area contributed by atoms with Crippen molar-refractivity contribution in [2.45, 2.75) is 38.5 Å². The summed E-state index contributed by atoms with van der Waals surface area (Å²) in [5.74, 6) is -2.39. The Bertz CT molecular complexity index is 690. The number of aromatic nitrogens is 2. The molecule has 0 amide bonds. The third-order valence-electron chi connectivity index (χ3n) is 4.36. The van der Waals surface area contributed by atoms with Gasteiger partial charge in [0.15, 0.2) is 11.6 Å². The highest BCUT2D eigenvalue weighted by molar-refractivity contribution is 5.77. The summed E-state index contributed by atoms with van der Waals surface area (Å²) >= 11 is 0. The molecular formula is C15H16F2N2O2. The van der Waals surface area contributed by atoms with E-state index in [2.05, 4.69) is 9.97 Å². The number of fused-ring (bicyclic) bond motifs is 1. The molecule has 4 nitrogen and oxygen atoms in total. The summed E-state index contributed by atoms with van der Waals surface area (Å²) in [5, 5.41) is 9.55. The number of aliphatic carboxylic acids is 1. The Morgan fingerprint density at radius 1 is 1.29 bits per heavy atom. The van der Waals surface area contributed by atoms with E-state index in [0.717, 1.165) is 25.3 Å². The number of rotatable bonds is 3. The second-order valence-electron chi connectivity index (χ2n) is 5.76. The van der Waals surface area contributed by atoms with E-state index >= 15 is 0 Å². The van der Waals surface area contributed by atoms with Crippen molar-refractivity contribution in [1.82, 2.24) is 9.97 Å². The highest BCUT2D eigenvalue weighted by Crippen LogP contribution is 2.39. The van der Waals surface area contributed by atoms with Gasteiger partial charge in [-0.2, -0.15) is 0 Å². The van der Waals surface area contributed by atoms with Crippen molar-refractivity contribution in [3.8, 4) is 0 Å². The summed E-state index contributed by atoms with van der Waals surface area (Å²) in [6.07, 6.45) is 4.19. The van der Waals surface area contributed by atoms with Crippen LogP contribution in [-0.2, 0) is 11.2 Å². The maximum absolute atomic E-state index is 13.7. The van der Waals surface area contributed by atoms with Gasteiger partial charge in [0.2, 0.25) is 0 Å². The molecule has 0 atom stereocenters. The number of hydrogen-bond acceptors (Lipinski definition) is 2. The molecular weight excluding hydrogens is 278 g/mol. The van der Waals surface area contributed by atoms with Crippen LogP contribution in [0.2, 0.25) is 0 Å². The Balaban J connectivity index is 1.96. The molecule has 1 heterocycles. The Kier molecular flexibility index (Phi) is 3.39. The van der Waals surface area contributed by atoms with E-state index in [1.165, 1.54) is 6.07 Å². The molecule has 21 heavy (non-hydrogen) atoms. The zero-order valence-electron chi connectivity index (χ0n) is 11.5. The molecule has 0 bridgehead atoms. The predicted octanol–water partition coefficient (Wildman–Crippen LogP) is 3.42. The van der Waals surface area contributed by atoms with Crippen LogP contribution in [-0.4, -0.2) is 21.0 Å². The monoisotopic (exact) mass is 294 g/mol. The minimum atomic E-state index is -0.997. The Labute approximate surface area is 120 Å². The number of halogens is 2. The number of carboxylic acid groups (broad SMARTS) is 1. The SMILES string of the molecule is O=C(O)C1(Cc2nc3c(F)c(F)ccc3[nH]2)CCCCC1. The van der Waals surface area contributed by atoms with Crippen molar-refractivity contribution >= 4 is 17.0 Å². The number of aromatic amines is 1. The molecule has 2 N–H and O–H groups in total. The van der Waals surface area contributed by atoms with E-state index < -0.39 is 23.0 Å². The molecule has 112 valence electrons. The first-order valence-corrected chi connectivity index (χ1v) is 7.08. The lowest BCUT2D eigenvalue weighted by Gasteiger charge is -2.32. The van der Waals surface area contributed by atoms with Crippen LogP contribution < -0.4 is 0 Å². The Morgan fingerprint density at radius 3 is 2.67 bits per heavy atom. The minimum Gasteiger partial charge on any atom is -0.481 e. The number of nitrogens with one attached hydrogen (secondary N) is 1. The van der Waals surface area contributed by atoms with Crippen molar-refractivity contribution in [3.63, 3.8) is 0 Å². The van der Waals surface area contributed by atoms with Crippen LogP contribution in [0.15, 0.2) is 12.1 Å². The summed E-state index contributed by atoms with van der Waals surface area (Å²) < 4.78 is 26.9. The van der Waals surface area contributed by atoms with E-state index in [-0.39, 0.29) is 11.9 Å². The van der Waals surface area contributed by atoms with Crippen LogP contribution >= 0.6 is 0 Å². The van der Waals surface area contributed by atoms with Crippen LogP contribution in [0.5, 0.6) is 0 Å². The quantitative estimate of drug-likeness (QED) is 0.911. The topological polar surface area (TPSA) is 66.0 Å². The largest absolute Gasteiger partial charge is 0.481 e. The van der Waals surface area contributed by atoms with Gasteiger partial charge in [-0.15, -0.1) is 0 Å². The van der Waals surface area contributed by atoms with Crippen molar-refractivity contribution in [2.24, 2.45) is 5.41 Å². The normalized spacial score (nSPS) is 18.0. The summed E-state index contributed by atoms with van der Waals surface area (Å²) in [7, 11) is 0. The lowest BCUT2D eigenvalue weighted by Crippen LogP contribution is -2.35. The zero-order valence-corrected chi connectivity index (χ0v) is 11.5. The van der Waals surface area contributed by atoms with Crippen LogP contribution in [0.4, 0.5) is 8.78 Å². The molecule has 6 heteroatoms. The third-order valence-corrected chi connectivity index (χ3v) is 4.36. The standard InChI is InChI=1S/C15H16F2N2O2/c16-9-4-5-10-13(12(9)17)19-11(18-10)8-15(14(20)21)6-2-1-3-7-15/h4-5H,1-3,6-8H2,(H,18,19)(H,20,21). The first kappa shape index (κ1) is 14.0. The fourth-order valence-electron chi connectivity index (χ4n) is 3.17. The Hall–Kier alpha value is -1.98. The summed E-state index contributed by atoms with van der Waals surface area (Å²) in [6.45, 7) is 0. The average molecular weight is 294 g/mol. The molecule has 0 spiro atoms. The van der Waals surface area contributed by atoms with Gasteiger partial charge in [0.1, 0.15) is 11.3 Å². The van der Waals surface area contributed by atoms with Crippen LogP contribution in [0.3, 0.4) is 0 Å². The fourth-order valence-corrected chi connectivity index (χ4v) is 3.17. The highest BCUT2D eigenvalue weighted by Gasteiger charge is 2.40. The molecule has 3 rings (SSSR count). The number of carboxylic acids is 1. The molecule has 1 fully saturated rings. The molecule has 1 aromatic heterocycles. The number of hydrogen-bond donors (Lipinski definition) is 2. The number of carbonyl (C=O) groups is 1. The van der Waals surface area contributed by atoms with E-state index in [9.17, 15) is 18.7 Å². The van der Waals surface area contributed by atoms with Gasteiger partial charge in [0, 0.05) is 6.42 Å². The summed E-state index contributed by atoms with van der Waals surface area (Å²) in [6, 6.07) is 2.45. The van der Waals surface area contributed by atoms with E-state index in [0.29, 0.717) is 24.2 Å². The van der Waals surface area contributed by atoms with Crippen LogP contribution in [0, 0.1) is 17.0 Å². The lowest BCUT2D eigenvalue weighted by atomic mass is 9.72. The summed E-state index contributed by atoms with van der Waals surface area (Å²) in [5.41, 5.74) is -0.525. The van der Waals surface area contributed by atoms with Crippen LogP contribution in [0.1, 0.15) is 37.9 Å². The van der Waals surface area contributed by atoms with E-state index in [1.54, 1.807) is 0 Å². The first-order chi connectivity index (χ1) is 10.0. The lowest BCUT2D eigenvalue weighted by molar-refractivity contribution is -0.151. The maximum Gasteiger partial charge on any atom is 0.310 e. The molecule has 1 aliphatic carbocycles. The zero-order chi connectivity index (χ0) is 15.0. The smallest absolute Gasteiger partial charge is 0.310 e. The molecule has 1 aliphatic rings. The first-order valence-electron chi connectivity index (χ1n) is 7.08. The second-order valence-corrected chi connectivity index (χ2v) is 5.76. The molecule has 0 saturated heterocycles.